The summed E-state index contributed by atoms with van der Waals surface area (Å²) in [5, 5.41) is 14.2. The molecule has 0 amide bonds. The van der Waals surface area contributed by atoms with Crippen LogP contribution in [-0.4, -0.2) is 55.1 Å². The van der Waals surface area contributed by atoms with Gasteiger partial charge in [0.25, 0.3) is 0 Å². The summed E-state index contributed by atoms with van der Waals surface area (Å²) in [7, 11) is 0. The third-order valence-corrected chi connectivity index (χ3v) is 5.24. The lowest BCUT2D eigenvalue weighted by Crippen LogP contribution is -2.39. The molecule has 1 aromatic carbocycles. The zero-order valence-corrected chi connectivity index (χ0v) is 19.5. The zero-order valence-electron chi connectivity index (χ0n) is 19.5. The first-order valence-electron chi connectivity index (χ1n) is 10.5. The van der Waals surface area contributed by atoms with Crippen LogP contribution < -0.4 is 5.73 Å². The smallest absolute Gasteiger partial charge is 0.475 e. The van der Waals surface area contributed by atoms with Crippen molar-refractivity contribution in [1.29, 1.82) is 0 Å². The molecule has 0 aliphatic carbocycles. The molecule has 20 heteroatoms. The predicted molar refractivity (Wildman–Crippen MR) is 111 cm³/mol. The number of nitrogens with zero attached hydrogens (tertiary/aromatic N) is 3. The fourth-order valence-corrected chi connectivity index (χ4v) is 3.44. The molecule has 0 saturated carbocycles. The molecule has 41 heavy (non-hydrogen) atoms. The van der Waals surface area contributed by atoms with Crippen LogP contribution in [0.1, 0.15) is 23.0 Å². The van der Waals surface area contributed by atoms with Crippen molar-refractivity contribution < 1.29 is 72.5 Å². The van der Waals surface area contributed by atoms with Crippen molar-refractivity contribution in [1.82, 2.24) is 14.5 Å². The van der Waals surface area contributed by atoms with Gasteiger partial charge in [-0.1, -0.05) is 0 Å². The Morgan fingerprint density at radius 1 is 0.854 bits per heavy atom. The van der Waals surface area contributed by atoms with E-state index in [1.807, 2.05) is 0 Å². The summed E-state index contributed by atoms with van der Waals surface area (Å²) in [5.41, 5.74) is 5.40. The monoisotopic (exact) mass is 614 g/mol. The number of halogens is 12. The van der Waals surface area contributed by atoms with Crippen LogP contribution in [0, 0.1) is 17.5 Å². The summed E-state index contributed by atoms with van der Waals surface area (Å²) in [4.78, 5) is 25.4. The molecule has 1 aliphatic rings. The number of hydrogen-bond donors (Lipinski definition) is 3. The van der Waals surface area contributed by atoms with Crippen LogP contribution in [0.25, 0.3) is 11.0 Å². The van der Waals surface area contributed by atoms with Crippen LogP contribution in [0.3, 0.4) is 0 Å². The maximum atomic E-state index is 14.1. The SMILES string of the molecule is N[C@H]1Cn2c(nc3cnc(C(F)(F)F)cc32)C[C@@H]1c1cc(F)c(F)cc1F.O=C(O)C(F)(F)F.O=C(O)C(F)(F)F. The Balaban J connectivity index is 0.000000349. The molecule has 1 aliphatic heterocycles. The van der Waals surface area contributed by atoms with E-state index in [1.165, 1.54) is 4.57 Å². The number of carboxylic acid groups (broad SMARTS) is 2. The molecule has 0 fully saturated rings. The fraction of sp³-hybridized carbons (Fsp3) is 0.333. The number of hydrogen-bond acceptors (Lipinski definition) is 5. The van der Waals surface area contributed by atoms with Crippen LogP contribution >= 0.6 is 0 Å². The van der Waals surface area contributed by atoms with Gasteiger partial charge < -0.3 is 20.5 Å². The van der Waals surface area contributed by atoms with E-state index in [0.29, 0.717) is 11.9 Å². The van der Waals surface area contributed by atoms with Gasteiger partial charge in [0.2, 0.25) is 0 Å². The average Bonchev–Trinajstić information content (AvgIpc) is 3.16. The quantitative estimate of drug-likeness (QED) is 0.265. The maximum absolute atomic E-state index is 14.1. The summed E-state index contributed by atoms with van der Waals surface area (Å²) in [6.07, 6.45) is -13.7. The first-order valence-corrected chi connectivity index (χ1v) is 10.5. The molecule has 226 valence electrons. The van der Waals surface area contributed by atoms with Gasteiger partial charge >= 0.3 is 30.5 Å². The van der Waals surface area contributed by atoms with Gasteiger partial charge in [0, 0.05) is 31.0 Å². The van der Waals surface area contributed by atoms with Crippen molar-refractivity contribution in [3.63, 3.8) is 0 Å². The molecule has 4 N–H and O–H groups in total. The van der Waals surface area contributed by atoms with Crippen LogP contribution in [0.5, 0.6) is 0 Å². The first kappa shape index (κ1) is 33.1. The number of aliphatic carboxylic acids is 2. The first-order chi connectivity index (χ1) is 18.5. The van der Waals surface area contributed by atoms with Crippen molar-refractivity contribution in [3.8, 4) is 0 Å². The Labute approximate surface area is 219 Å². The van der Waals surface area contributed by atoms with Gasteiger partial charge in [0.1, 0.15) is 22.9 Å². The van der Waals surface area contributed by atoms with Crippen LogP contribution in [0.2, 0.25) is 0 Å². The molecule has 2 aromatic heterocycles. The molecule has 0 radical (unpaired) electrons. The van der Waals surface area contributed by atoms with Crippen LogP contribution in [-0.2, 0) is 28.7 Å². The van der Waals surface area contributed by atoms with E-state index in [9.17, 15) is 52.7 Å². The number of rotatable bonds is 1. The highest BCUT2D eigenvalue weighted by Crippen LogP contribution is 2.35. The molecule has 2 atom stereocenters. The molecule has 0 bridgehead atoms. The van der Waals surface area contributed by atoms with Gasteiger partial charge in [-0.2, -0.15) is 39.5 Å². The van der Waals surface area contributed by atoms with Crippen molar-refractivity contribution in [3.05, 3.63) is 58.9 Å². The molecular weight excluding hydrogens is 600 g/mol. The number of alkyl halides is 9. The van der Waals surface area contributed by atoms with Crippen molar-refractivity contribution in [2.75, 3.05) is 0 Å². The number of aromatic nitrogens is 3. The van der Waals surface area contributed by atoms with Gasteiger partial charge in [0.15, 0.2) is 11.6 Å². The van der Waals surface area contributed by atoms with E-state index in [4.69, 9.17) is 25.5 Å². The average molecular weight is 614 g/mol. The van der Waals surface area contributed by atoms with E-state index < -0.39 is 65.6 Å². The number of carboxylic acids is 2. The van der Waals surface area contributed by atoms with Crippen molar-refractivity contribution in [2.24, 2.45) is 5.73 Å². The van der Waals surface area contributed by atoms with Crippen molar-refractivity contribution >= 4 is 23.0 Å². The largest absolute Gasteiger partial charge is 0.490 e. The highest BCUT2D eigenvalue weighted by molar-refractivity contribution is 5.76. The Morgan fingerprint density at radius 3 is 1.80 bits per heavy atom. The number of nitrogens with two attached hydrogens (primary N) is 1. The fourth-order valence-electron chi connectivity index (χ4n) is 3.44. The lowest BCUT2D eigenvalue weighted by Gasteiger charge is -2.30. The number of fused-ring (bicyclic) bond motifs is 3. The normalized spacial score (nSPS) is 17.1. The molecular formula is C21H14F12N4O4. The van der Waals surface area contributed by atoms with E-state index in [1.54, 1.807) is 0 Å². The summed E-state index contributed by atoms with van der Waals surface area (Å²) >= 11 is 0. The lowest BCUT2D eigenvalue weighted by molar-refractivity contribution is -0.193. The van der Waals surface area contributed by atoms with E-state index >= 15 is 0 Å². The minimum absolute atomic E-state index is 0.0518. The number of pyridine rings is 1. The Bertz CT molecular complexity index is 1410. The standard InChI is InChI=1S/C17H12F6N4.2C2HF3O2/c18-9-3-11(20)10(19)1-7(9)8-2-16-26-13-5-25-15(17(21,22)23)4-14(13)27(16)6-12(8)24;2*3-2(4,5)1(6)7/h1,3-5,8,12H,2,6,24H2;2*(H,6,7)/t8-,12+;;/m1../s1. The molecule has 0 spiro atoms. The topological polar surface area (TPSA) is 131 Å². The number of benzene rings is 1. The third-order valence-electron chi connectivity index (χ3n) is 5.24. The van der Waals surface area contributed by atoms with E-state index in [-0.39, 0.29) is 29.6 Å². The van der Waals surface area contributed by atoms with E-state index in [0.717, 1.165) is 18.3 Å². The second kappa shape index (κ2) is 11.8. The van der Waals surface area contributed by atoms with Gasteiger partial charge in [-0.25, -0.2) is 32.7 Å². The van der Waals surface area contributed by atoms with Crippen LogP contribution in [0.4, 0.5) is 52.7 Å². The molecule has 0 unspecified atom stereocenters. The Hall–Kier alpha value is -4.10. The molecule has 8 nitrogen and oxygen atoms in total. The summed E-state index contributed by atoms with van der Waals surface area (Å²) in [5.74, 6) is -9.27. The summed E-state index contributed by atoms with van der Waals surface area (Å²) < 4.78 is 145. The lowest BCUT2D eigenvalue weighted by atomic mass is 9.86. The van der Waals surface area contributed by atoms with Gasteiger partial charge in [0.05, 0.1) is 11.7 Å². The van der Waals surface area contributed by atoms with E-state index in [2.05, 4.69) is 9.97 Å². The highest BCUT2D eigenvalue weighted by Gasteiger charge is 2.39. The van der Waals surface area contributed by atoms with Gasteiger partial charge in [-0.3, -0.25) is 0 Å². The second-order valence-corrected chi connectivity index (χ2v) is 8.06. The number of carbonyl (C=O) groups is 2. The van der Waals surface area contributed by atoms with Crippen molar-refractivity contribution in [2.45, 2.75) is 43.5 Å². The third kappa shape index (κ3) is 8.21. The predicted octanol–water partition coefficient (Wildman–Crippen LogP) is 4.80. The molecule has 3 heterocycles. The minimum atomic E-state index is -5.08. The minimum Gasteiger partial charge on any atom is -0.475 e. The van der Waals surface area contributed by atoms with Crippen LogP contribution in [0.15, 0.2) is 24.4 Å². The zero-order chi connectivity index (χ0) is 31.7. The molecule has 4 rings (SSSR count). The van der Waals surface area contributed by atoms with Gasteiger partial charge in [-0.15, -0.1) is 0 Å². The van der Waals surface area contributed by atoms with Gasteiger partial charge in [-0.05, 0) is 17.7 Å². The highest BCUT2D eigenvalue weighted by atomic mass is 19.4. The second-order valence-electron chi connectivity index (χ2n) is 8.06. The maximum Gasteiger partial charge on any atom is 0.490 e. The summed E-state index contributed by atoms with van der Waals surface area (Å²) in [6.45, 7) is 0.0518. The number of imidazole rings is 1. The molecule has 0 saturated heterocycles. The summed E-state index contributed by atoms with van der Waals surface area (Å²) in [6, 6.07) is 1.37. The Morgan fingerprint density at radius 2 is 1.34 bits per heavy atom. The molecule has 3 aromatic rings. The Kier molecular flexibility index (Phi) is 9.52.